The highest BCUT2D eigenvalue weighted by atomic mass is 16.5. The van der Waals surface area contributed by atoms with Gasteiger partial charge in [-0.1, -0.05) is 54.5 Å². The third-order valence-electron chi connectivity index (χ3n) is 4.63. The number of H-pyrrole nitrogens is 1. The van der Waals surface area contributed by atoms with Crippen molar-refractivity contribution in [2.75, 3.05) is 6.61 Å². The molecule has 1 aliphatic heterocycles. The van der Waals surface area contributed by atoms with Gasteiger partial charge in [0, 0.05) is 23.0 Å². The van der Waals surface area contributed by atoms with Gasteiger partial charge in [0.05, 0.1) is 6.04 Å². The van der Waals surface area contributed by atoms with Crippen LogP contribution in [0.3, 0.4) is 0 Å². The van der Waals surface area contributed by atoms with E-state index in [9.17, 15) is 4.79 Å². The highest BCUT2D eigenvalue weighted by Gasteiger charge is 2.34. The van der Waals surface area contributed by atoms with Crippen molar-refractivity contribution in [3.63, 3.8) is 0 Å². The lowest BCUT2D eigenvalue weighted by Crippen LogP contribution is -2.45. The molecule has 124 valence electrons. The van der Waals surface area contributed by atoms with Crippen LogP contribution < -0.4 is 5.32 Å². The number of esters is 1. The molecule has 0 unspecified atom stereocenters. The van der Waals surface area contributed by atoms with Gasteiger partial charge >= 0.3 is 5.97 Å². The zero-order valence-corrected chi connectivity index (χ0v) is 13.7. The lowest BCUT2D eigenvalue weighted by atomic mass is 9.90. The van der Waals surface area contributed by atoms with Crippen molar-refractivity contribution in [2.45, 2.75) is 18.5 Å². The van der Waals surface area contributed by atoms with Gasteiger partial charge < -0.3 is 9.72 Å². The Kier molecular flexibility index (Phi) is 4.01. The quantitative estimate of drug-likeness (QED) is 0.573. The van der Waals surface area contributed by atoms with Gasteiger partial charge in [-0.25, -0.2) is 0 Å². The van der Waals surface area contributed by atoms with Gasteiger partial charge in [-0.2, -0.15) is 0 Å². The van der Waals surface area contributed by atoms with Crippen molar-refractivity contribution < 1.29 is 9.53 Å². The molecular formula is C21H18N2O2. The molecule has 0 saturated carbocycles. The molecule has 2 heterocycles. The Hall–Kier alpha value is -3.03. The predicted molar refractivity (Wildman–Crippen MR) is 97.0 cm³/mol. The van der Waals surface area contributed by atoms with Crippen LogP contribution in [0.2, 0.25) is 0 Å². The summed E-state index contributed by atoms with van der Waals surface area (Å²) < 4.78 is 5.17. The number of aromatic nitrogens is 1. The summed E-state index contributed by atoms with van der Waals surface area (Å²) in [5.41, 5.74) is 4.44. The van der Waals surface area contributed by atoms with Crippen LogP contribution in [0.1, 0.15) is 22.9 Å². The van der Waals surface area contributed by atoms with E-state index in [0.717, 1.165) is 27.7 Å². The monoisotopic (exact) mass is 330 g/mol. The van der Waals surface area contributed by atoms with Crippen molar-refractivity contribution in [2.24, 2.45) is 0 Å². The summed E-state index contributed by atoms with van der Waals surface area (Å²) in [4.78, 5) is 15.9. The van der Waals surface area contributed by atoms with E-state index >= 15 is 0 Å². The molecule has 0 saturated heterocycles. The number of nitrogens with one attached hydrogen (secondary N) is 2. The van der Waals surface area contributed by atoms with E-state index in [2.05, 4.69) is 40.5 Å². The molecule has 0 bridgehead atoms. The zero-order valence-electron chi connectivity index (χ0n) is 13.7. The van der Waals surface area contributed by atoms with E-state index in [4.69, 9.17) is 11.2 Å². The number of rotatable bonds is 3. The van der Waals surface area contributed by atoms with Crippen molar-refractivity contribution >= 4 is 16.9 Å². The Bertz CT molecular complexity index is 953. The minimum atomic E-state index is -0.426. The predicted octanol–water partition coefficient (Wildman–Crippen LogP) is 2.95. The Morgan fingerprint density at radius 3 is 2.72 bits per heavy atom. The van der Waals surface area contributed by atoms with Crippen molar-refractivity contribution in [1.29, 1.82) is 0 Å². The number of ether oxygens (including phenoxy) is 1. The standard InChI is InChI=1S/C21H18N2O2/c1-2-12-25-21(24)18-13-16-15-10-6-7-11-17(15)22-20(16)19(23-18)14-8-4-3-5-9-14/h1,3-11,18-19,22-23H,12-13H2/t18-,19-/m0/s1. The smallest absolute Gasteiger partial charge is 0.324 e. The van der Waals surface area contributed by atoms with Crippen LogP contribution in [0, 0.1) is 12.3 Å². The van der Waals surface area contributed by atoms with Gasteiger partial charge in [0.25, 0.3) is 0 Å². The number of terminal acetylenes is 1. The van der Waals surface area contributed by atoms with E-state index in [1.54, 1.807) is 0 Å². The maximum Gasteiger partial charge on any atom is 0.324 e. The second kappa shape index (κ2) is 6.46. The Balaban J connectivity index is 1.79. The van der Waals surface area contributed by atoms with E-state index in [1.807, 2.05) is 30.3 Å². The first-order valence-corrected chi connectivity index (χ1v) is 8.28. The third-order valence-corrected chi connectivity index (χ3v) is 4.63. The first-order valence-electron chi connectivity index (χ1n) is 8.28. The lowest BCUT2D eigenvalue weighted by Gasteiger charge is -2.30. The molecule has 1 aliphatic rings. The molecule has 2 atom stereocenters. The highest BCUT2D eigenvalue weighted by Crippen LogP contribution is 2.35. The first-order chi connectivity index (χ1) is 12.3. The van der Waals surface area contributed by atoms with Crippen molar-refractivity contribution in [3.05, 3.63) is 71.4 Å². The number of para-hydroxylation sites is 1. The summed E-state index contributed by atoms with van der Waals surface area (Å²) in [6.07, 6.45) is 5.78. The molecule has 25 heavy (non-hydrogen) atoms. The van der Waals surface area contributed by atoms with Gasteiger partial charge in [-0.3, -0.25) is 10.1 Å². The molecule has 0 spiro atoms. The van der Waals surface area contributed by atoms with Crippen LogP contribution >= 0.6 is 0 Å². The van der Waals surface area contributed by atoms with Crippen molar-refractivity contribution in [1.82, 2.24) is 10.3 Å². The molecule has 4 heteroatoms. The number of hydrogen-bond acceptors (Lipinski definition) is 3. The van der Waals surface area contributed by atoms with Crippen LogP contribution in [0.4, 0.5) is 0 Å². The maximum absolute atomic E-state index is 12.4. The normalized spacial score (nSPS) is 19.2. The van der Waals surface area contributed by atoms with Gasteiger partial charge in [0.1, 0.15) is 6.04 Å². The highest BCUT2D eigenvalue weighted by molar-refractivity contribution is 5.87. The molecule has 4 nitrogen and oxygen atoms in total. The largest absolute Gasteiger partial charge is 0.451 e. The van der Waals surface area contributed by atoms with Crippen LogP contribution in [0.5, 0.6) is 0 Å². The minimum Gasteiger partial charge on any atom is -0.451 e. The Morgan fingerprint density at radius 1 is 1.16 bits per heavy atom. The first kappa shape index (κ1) is 15.5. The van der Waals surface area contributed by atoms with Crippen LogP contribution in [0.15, 0.2) is 54.6 Å². The topological polar surface area (TPSA) is 54.1 Å². The summed E-state index contributed by atoms with van der Waals surface area (Å²) in [7, 11) is 0. The fourth-order valence-corrected chi connectivity index (χ4v) is 3.51. The van der Waals surface area contributed by atoms with Crippen molar-refractivity contribution in [3.8, 4) is 12.3 Å². The number of hydrogen-bond donors (Lipinski definition) is 2. The summed E-state index contributed by atoms with van der Waals surface area (Å²) in [6, 6.07) is 17.7. The number of carbonyl (C=O) groups excluding carboxylic acids is 1. The van der Waals surface area contributed by atoms with E-state index in [0.29, 0.717) is 6.42 Å². The zero-order chi connectivity index (χ0) is 17.2. The molecule has 0 aliphatic carbocycles. The SMILES string of the molecule is C#CCOC(=O)[C@@H]1Cc2c([nH]c3ccccc23)[C@H](c2ccccc2)N1. The maximum atomic E-state index is 12.4. The average Bonchev–Trinajstić information content (AvgIpc) is 3.04. The lowest BCUT2D eigenvalue weighted by molar-refractivity contribution is -0.145. The molecule has 2 aromatic carbocycles. The molecule has 2 N–H and O–H groups in total. The third kappa shape index (κ3) is 2.79. The molecule has 3 aromatic rings. The summed E-state index contributed by atoms with van der Waals surface area (Å²) in [5, 5.41) is 4.57. The average molecular weight is 330 g/mol. The fraction of sp³-hybridized carbons (Fsp3) is 0.190. The second-order valence-electron chi connectivity index (χ2n) is 6.14. The minimum absolute atomic E-state index is 0.00619. The van der Waals surface area contributed by atoms with Crippen LogP contribution in [0.25, 0.3) is 10.9 Å². The second-order valence-corrected chi connectivity index (χ2v) is 6.14. The molecule has 1 aromatic heterocycles. The van der Waals surface area contributed by atoms with Gasteiger partial charge in [0.15, 0.2) is 6.61 Å². The van der Waals surface area contributed by atoms with Crippen LogP contribution in [-0.4, -0.2) is 23.6 Å². The number of fused-ring (bicyclic) bond motifs is 3. The molecule has 4 rings (SSSR count). The molecular weight excluding hydrogens is 312 g/mol. The Labute approximate surface area is 146 Å². The van der Waals surface area contributed by atoms with Crippen LogP contribution in [-0.2, 0) is 16.0 Å². The molecule has 0 radical (unpaired) electrons. The Morgan fingerprint density at radius 2 is 1.92 bits per heavy atom. The summed E-state index contributed by atoms with van der Waals surface area (Å²) in [6.45, 7) is -0.00619. The van der Waals surface area contributed by atoms with E-state index in [-0.39, 0.29) is 18.6 Å². The van der Waals surface area contributed by atoms with Gasteiger partial charge in [0.2, 0.25) is 0 Å². The molecule has 0 fully saturated rings. The van der Waals surface area contributed by atoms with Gasteiger partial charge in [-0.05, 0) is 17.2 Å². The van der Waals surface area contributed by atoms with E-state index < -0.39 is 6.04 Å². The summed E-state index contributed by atoms with van der Waals surface area (Å²) >= 11 is 0. The number of aromatic amines is 1. The number of benzene rings is 2. The summed E-state index contributed by atoms with van der Waals surface area (Å²) in [5.74, 6) is 2.04. The fourth-order valence-electron chi connectivity index (χ4n) is 3.51. The number of carbonyl (C=O) groups is 1. The van der Waals surface area contributed by atoms with Gasteiger partial charge in [-0.15, -0.1) is 6.42 Å². The molecule has 0 amide bonds. The van der Waals surface area contributed by atoms with E-state index in [1.165, 1.54) is 0 Å².